The Labute approximate surface area is 79.5 Å². The molecule has 0 spiro atoms. The number of hydrogen-bond acceptors (Lipinski definition) is 4. The molecule has 4 fully saturated rings. The second-order valence-electron chi connectivity index (χ2n) is 3.53. The maximum absolute atomic E-state index is 2.47. The molecule has 0 amide bonds. The van der Waals surface area contributed by atoms with Crippen molar-refractivity contribution in [3.8, 4) is 0 Å². The van der Waals surface area contributed by atoms with Crippen LogP contribution < -0.4 is 0 Å². The predicted molar refractivity (Wildman–Crippen MR) is 36.6 cm³/mol. The van der Waals surface area contributed by atoms with Gasteiger partial charge >= 0.3 is 0 Å². The van der Waals surface area contributed by atoms with Crippen LogP contribution in [0.4, 0.5) is 0 Å². The molecule has 0 atom stereocenters. The first-order chi connectivity index (χ1) is 4.90. The third-order valence-corrected chi connectivity index (χ3v) is 2.40. The number of nitrogens with zero attached hydrogens (tertiary/aromatic N) is 4. The van der Waals surface area contributed by atoms with E-state index in [0.29, 0.717) is 0 Å². The molecule has 4 nitrogen and oxygen atoms in total. The third kappa shape index (κ3) is 1.25. The van der Waals surface area contributed by atoms with Gasteiger partial charge in [-0.3, -0.25) is 19.6 Å². The monoisotopic (exact) mass is 242 g/mol. The van der Waals surface area contributed by atoms with Gasteiger partial charge in [-0.1, -0.05) is 0 Å². The van der Waals surface area contributed by atoms with Gasteiger partial charge in [0.2, 0.25) is 0 Å². The first kappa shape index (κ1) is 8.08. The van der Waals surface area contributed by atoms with Gasteiger partial charge in [-0.25, -0.2) is 0 Å². The van der Waals surface area contributed by atoms with Gasteiger partial charge in [0.1, 0.15) is 0 Å². The van der Waals surface area contributed by atoms with E-state index in [1.807, 2.05) is 0 Å². The van der Waals surface area contributed by atoms with Crippen molar-refractivity contribution in [1.82, 2.24) is 19.6 Å². The van der Waals surface area contributed by atoms with Crippen molar-refractivity contribution >= 4 is 0 Å². The molecule has 4 rings (SSSR count). The largest absolute Gasteiger partial charge is 0.264 e. The van der Waals surface area contributed by atoms with E-state index in [1.165, 1.54) is 40.0 Å². The molecule has 0 aliphatic carbocycles. The Hall–Kier alpha value is 0.463. The zero-order valence-electron chi connectivity index (χ0n) is 6.39. The maximum Gasteiger partial charge on any atom is 0.0555 e. The first-order valence-electron chi connectivity index (χ1n) is 3.79. The topological polar surface area (TPSA) is 13.0 Å². The average Bonchev–Trinajstić information content (AvgIpc) is 1.82. The molecule has 4 heterocycles. The van der Waals surface area contributed by atoms with Crippen molar-refractivity contribution < 1.29 is 19.5 Å². The van der Waals surface area contributed by atoms with Crippen LogP contribution >= 0.6 is 0 Å². The molecule has 4 aliphatic heterocycles. The van der Waals surface area contributed by atoms with E-state index in [0.717, 1.165) is 0 Å². The van der Waals surface area contributed by atoms with Gasteiger partial charge < -0.3 is 0 Å². The molecule has 0 radical (unpaired) electrons. The summed E-state index contributed by atoms with van der Waals surface area (Å²) in [4.78, 5) is 9.88. The number of rotatable bonds is 0. The summed E-state index contributed by atoms with van der Waals surface area (Å²) in [5.74, 6) is 0. The molecule has 0 N–H and O–H groups in total. The van der Waals surface area contributed by atoms with E-state index < -0.39 is 0 Å². The maximum atomic E-state index is 2.47. The standard InChI is InChI=1S/C6H12N4.Ru/c1-7-2-9-4-8(1)5-10(3-7)6-9;/h1-6H2;. The van der Waals surface area contributed by atoms with E-state index in [2.05, 4.69) is 19.6 Å². The van der Waals surface area contributed by atoms with Gasteiger partial charge in [-0.05, 0) is 0 Å². The summed E-state index contributed by atoms with van der Waals surface area (Å²) in [6, 6.07) is 0. The number of hydrogen-bond donors (Lipinski definition) is 0. The zero-order chi connectivity index (χ0) is 6.55. The Morgan fingerprint density at radius 1 is 0.455 bits per heavy atom. The molecule has 0 unspecified atom stereocenters. The molecular formula is C6H12N4Ru. The molecule has 0 aromatic rings. The van der Waals surface area contributed by atoms with Crippen LogP contribution in [0.1, 0.15) is 0 Å². The van der Waals surface area contributed by atoms with Gasteiger partial charge in [-0.2, -0.15) is 0 Å². The summed E-state index contributed by atoms with van der Waals surface area (Å²) in [5.41, 5.74) is 0. The zero-order valence-corrected chi connectivity index (χ0v) is 8.12. The van der Waals surface area contributed by atoms with Gasteiger partial charge in [0.15, 0.2) is 0 Å². The molecule has 4 saturated heterocycles. The second-order valence-corrected chi connectivity index (χ2v) is 3.53. The first-order valence-corrected chi connectivity index (χ1v) is 3.79. The molecule has 0 saturated carbocycles. The van der Waals surface area contributed by atoms with Crippen LogP contribution in [0.2, 0.25) is 0 Å². The molecule has 0 aromatic heterocycles. The molecule has 4 bridgehead atoms. The van der Waals surface area contributed by atoms with Crippen LogP contribution in [-0.4, -0.2) is 59.6 Å². The minimum Gasteiger partial charge on any atom is -0.264 e. The predicted octanol–water partition coefficient (Wildman–Crippen LogP) is -1.02. The van der Waals surface area contributed by atoms with Crippen LogP contribution in [0, 0.1) is 0 Å². The molecule has 5 heteroatoms. The third-order valence-electron chi connectivity index (χ3n) is 2.40. The molecule has 0 aromatic carbocycles. The van der Waals surface area contributed by atoms with Gasteiger partial charge in [0, 0.05) is 19.5 Å². The van der Waals surface area contributed by atoms with Crippen molar-refractivity contribution in [2.24, 2.45) is 0 Å². The van der Waals surface area contributed by atoms with E-state index in [1.54, 1.807) is 0 Å². The summed E-state index contributed by atoms with van der Waals surface area (Å²) in [6.07, 6.45) is 0. The van der Waals surface area contributed by atoms with Crippen LogP contribution in [-0.2, 0) is 19.5 Å². The normalized spacial score (nSPS) is 52.4. The Kier molecular flexibility index (Phi) is 2.02. The smallest absolute Gasteiger partial charge is 0.0555 e. The Morgan fingerprint density at radius 2 is 0.636 bits per heavy atom. The van der Waals surface area contributed by atoms with Gasteiger partial charge in [0.25, 0.3) is 0 Å². The minimum atomic E-state index is 0. The summed E-state index contributed by atoms with van der Waals surface area (Å²) in [7, 11) is 0. The average molecular weight is 241 g/mol. The fourth-order valence-corrected chi connectivity index (χ4v) is 2.23. The van der Waals surface area contributed by atoms with E-state index in [-0.39, 0.29) is 19.5 Å². The molecule has 11 heavy (non-hydrogen) atoms. The Balaban J connectivity index is 0.000000480. The van der Waals surface area contributed by atoms with Crippen LogP contribution in [0.3, 0.4) is 0 Å². The SMILES string of the molecule is C1N2CN3CN1CN(C2)C3.[Ru]. The van der Waals surface area contributed by atoms with Crippen molar-refractivity contribution in [3.63, 3.8) is 0 Å². The quantitative estimate of drug-likeness (QED) is 0.503. The Morgan fingerprint density at radius 3 is 0.818 bits per heavy atom. The summed E-state index contributed by atoms with van der Waals surface area (Å²) in [5, 5.41) is 0. The summed E-state index contributed by atoms with van der Waals surface area (Å²) in [6.45, 7) is 7.12. The molecular weight excluding hydrogens is 229 g/mol. The van der Waals surface area contributed by atoms with E-state index in [9.17, 15) is 0 Å². The molecule has 64 valence electrons. The Bertz CT molecular complexity index is 106. The fraction of sp³-hybridized carbons (Fsp3) is 1.00. The van der Waals surface area contributed by atoms with Crippen molar-refractivity contribution in [3.05, 3.63) is 0 Å². The van der Waals surface area contributed by atoms with Crippen molar-refractivity contribution in [2.45, 2.75) is 0 Å². The molecule has 4 aliphatic rings. The van der Waals surface area contributed by atoms with Gasteiger partial charge in [0.05, 0.1) is 40.0 Å². The second kappa shape index (κ2) is 2.75. The fourth-order valence-electron chi connectivity index (χ4n) is 2.23. The summed E-state index contributed by atoms with van der Waals surface area (Å²) < 4.78 is 0. The van der Waals surface area contributed by atoms with E-state index in [4.69, 9.17) is 0 Å². The minimum absolute atomic E-state index is 0. The van der Waals surface area contributed by atoms with Crippen LogP contribution in [0.25, 0.3) is 0 Å². The van der Waals surface area contributed by atoms with Gasteiger partial charge in [-0.15, -0.1) is 0 Å². The van der Waals surface area contributed by atoms with Crippen molar-refractivity contribution in [2.75, 3.05) is 40.0 Å². The van der Waals surface area contributed by atoms with Crippen LogP contribution in [0.15, 0.2) is 0 Å². The van der Waals surface area contributed by atoms with Crippen LogP contribution in [0.5, 0.6) is 0 Å². The summed E-state index contributed by atoms with van der Waals surface area (Å²) >= 11 is 0. The van der Waals surface area contributed by atoms with E-state index >= 15 is 0 Å². The van der Waals surface area contributed by atoms with Crippen molar-refractivity contribution in [1.29, 1.82) is 0 Å².